The van der Waals surface area contributed by atoms with Crippen molar-refractivity contribution in [3.05, 3.63) is 35.7 Å². The molecule has 0 aliphatic carbocycles. The minimum absolute atomic E-state index is 0.0528. The molecule has 5 heteroatoms. The van der Waals surface area contributed by atoms with Crippen LogP contribution in [-0.4, -0.2) is 25.8 Å². The van der Waals surface area contributed by atoms with Crippen molar-refractivity contribution in [2.45, 2.75) is 19.8 Å². The molecule has 5 nitrogen and oxygen atoms in total. The number of rotatable bonds is 4. The second-order valence-electron chi connectivity index (χ2n) is 4.18. The summed E-state index contributed by atoms with van der Waals surface area (Å²) in [5, 5.41) is 12.9. The fraction of sp³-hybridized carbons (Fsp3) is 0.308. The minimum Gasteiger partial charge on any atom is -0.481 e. The molecule has 1 heterocycles. The Morgan fingerprint density at radius 1 is 1.39 bits per heavy atom. The summed E-state index contributed by atoms with van der Waals surface area (Å²) in [5.74, 6) is 0.506. The maximum Gasteiger partial charge on any atom is 0.303 e. The summed E-state index contributed by atoms with van der Waals surface area (Å²) in [4.78, 5) is 14.9. The van der Waals surface area contributed by atoms with Crippen molar-refractivity contribution < 1.29 is 9.90 Å². The highest BCUT2D eigenvalue weighted by Crippen LogP contribution is 2.20. The normalized spacial score (nSPS) is 10.6. The Hall–Kier alpha value is -2.17. The molecule has 2 rings (SSSR count). The van der Waals surface area contributed by atoms with Crippen molar-refractivity contribution in [1.29, 1.82) is 0 Å². The van der Waals surface area contributed by atoms with Crippen LogP contribution in [0.2, 0.25) is 0 Å². The summed E-state index contributed by atoms with van der Waals surface area (Å²) in [7, 11) is 1.82. The van der Waals surface area contributed by atoms with Crippen molar-refractivity contribution >= 4 is 5.97 Å². The smallest absolute Gasteiger partial charge is 0.303 e. The van der Waals surface area contributed by atoms with Crippen LogP contribution in [0.1, 0.15) is 17.8 Å². The number of hydrogen-bond donors (Lipinski definition) is 1. The minimum atomic E-state index is -0.833. The molecule has 0 saturated carbocycles. The van der Waals surface area contributed by atoms with Crippen molar-refractivity contribution in [2.75, 3.05) is 0 Å². The number of aromatic nitrogens is 3. The Kier molecular flexibility index (Phi) is 3.41. The van der Waals surface area contributed by atoms with Gasteiger partial charge in [-0.15, -0.1) is 0 Å². The highest BCUT2D eigenvalue weighted by molar-refractivity contribution is 5.67. The largest absolute Gasteiger partial charge is 0.481 e. The topological polar surface area (TPSA) is 68.0 Å². The molecule has 0 unspecified atom stereocenters. The van der Waals surface area contributed by atoms with Crippen molar-refractivity contribution in [3.8, 4) is 11.4 Å². The van der Waals surface area contributed by atoms with Crippen LogP contribution in [0.15, 0.2) is 24.3 Å². The van der Waals surface area contributed by atoms with Gasteiger partial charge in [-0.1, -0.05) is 24.3 Å². The molecule has 18 heavy (non-hydrogen) atoms. The summed E-state index contributed by atoms with van der Waals surface area (Å²) in [6, 6.07) is 7.93. The molecule has 1 N–H and O–H groups in total. The summed E-state index contributed by atoms with van der Waals surface area (Å²) in [5.41, 5.74) is 2.15. The van der Waals surface area contributed by atoms with Crippen LogP contribution in [0.4, 0.5) is 0 Å². The molecule has 0 bridgehead atoms. The first kappa shape index (κ1) is 12.3. The number of carbonyl (C=O) groups is 1. The lowest BCUT2D eigenvalue weighted by molar-refractivity contribution is -0.137. The molecule has 0 amide bonds. The van der Waals surface area contributed by atoms with E-state index in [-0.39, 0.29) is 6.42 Å². The third kappa shape index (κ3) is 2.56. The first-order valence-corrected chi connectivity index (χ1v) is 5.75. The summed E-state index contributed by atoms with van der Waals surface area (Å²) >= 11 is 0. The molecule has 94 valence electrons. The van der Waals surface area contributed by atoms with Gasteiger partial charge in [-0.3, -0.25) is 4.79 Å². The average molecular weight is 245 g/mol. The van der Waals surface area contributed by atoms with Crippen LogP contribution in [-0.2, 0) is 18.3 Å². The summed E-state index contributed by atoms with van der Waals surface area (Å²) < 4.78 is 1.69. The zero-order valence-electron chi connectivity index (χ0n) is 10.4. The third-order valence-corrected chi connectivity index (χ3v) is 2.76. The van der Waals surface area contributed by atoms with E-state index in [9.17, 15) is 4.79 Å². The van der Waals surface area contributed by atoms with E-state index in [0.717, 1.165) is 17.0 Å². The van der Waals surface area contributed by atoms with Crippen LogP contribution in [0.25, 0.3) is 11.4 Å². The maximum atomic E-state index is 10.5. The average Bonchev–Trinajstić information content (AvgIpc) is 2.69. The number of aliphatic carboxylic acids is 1. The Labute approximate surface area is 105 Å². The summed E-state index contributed by atoms with van der Waals surface area (Å²) in [6.45, 7) is 2.01. The van der Waals surface area contributed by atoms with Crippen molar-refractivity contribution in [1.82, 2.24) is 14.8 Å². The number of carboxylic acids is 1. The van der Waals surface area contributed by atoms with Gasteiger partial charge in [-0.25, -0.2) is 9.67 Å². The first-order valence-electron chi connectivity index (χ1n) is 5.75. The van der Waals surface area contributed by atoms with E-state index in [1.54, 1.807) is 4.68 Å². The fourth-order valence-corrected chi connectivity index (χ4v) is 1.82. The van der Waals surface area contributed by atoms with Gasteiger partial charge >= 0.3 is 5.97 Å². The molecule has 0 saturated heterocycles. The van der Waals surface area contributed by atoms with Crippen molar-refractivity contribution in [3.63, 3.8) is 0 Å². The van der Waals surface area contributed by atoms with Gasteiger partial charge < -0.3 is 5.11 Å². The zero-order valence-corrected chi connectivity index (χ0v) is 10.4. The summed E-state index contributed by atoms with van der Waals surface area (Å²) in [6.07, 6.45) is 0.409. The molecule has 0 aliphatic heterocycles. The van der Waals surface area contributed by atoms with Gasteiger partial charge in [0.15, 0.2) is 11.6 Å². The van der Waals surface area contributed by atoms with E-state index in [2.05, 4.69) is 10.1 Å². The van der Waals surface area contributed by atoms with Crippen molar-refractivity contribution in [2.24, 2.45) is 7.05 Å². The van der Waals surface area contributed by atoms with Crippen LogP contribution < -0.4 is 0 Å². The van der Waals surface area contributed by atoms with E-state index in [1.807, 2.05) is 38.2 Å². The zero-order chi connectivity index (χ0) is 13.1. The van der Waals surface area contributed by atoms with Crippen LogP contribution in [0.5, 0.6) is 0 Å². The van der Waals surface area contributed by atoms with Gasteiger partial charge in [0.05, 0.1) is 6.42 Å². The van der Waals surface area contributed by atoms with E-state index in [0.29, 0.717) is 12.2 Å². The predicted molar refractivity (Wildman–Crippen MR) is 67.1 cm³/mol. The van der Waals surface area contributed by atoms with Crippen LogP contribution >= 0.6 is 0 Å². The van der Waals surface area contributed by atoms with Crippen LogP contribution in [0, 0.1) is 6.92 Å². The number of hydrogen-bond acceptors (Lipinski definition) is 3. The molecular weight excluding hydrogens is 230 g/mol. The van der Waals surface area contributed by atoms with Gasteiger partial charge in [0, 0.05) is 19.0 Å². The highest BCUT2D eigenvalue weighted by Gasteiger charge is 2.11. The third-order valence-electron chi connectivity index (χ3n) is 2.76. The molecular formula is C13H15N3O2. The predicted octanol–water partition coefficient (Wildman–Crippen LogP) is 1.81. The number of aryl methyl sites for hydroxylation is 3. The fourth-order valence-electron chi connectivity index (χ4n) is 1.82. The molecule has 0 atom stereocenters. The van der Waals surface area contributed by atoms with Gasteiger partial charge in [0.2, 0.25) is 0 Å². The van der Waals surface area contributed by atoms with Gasteiger partial charge in [0.1, 0.15) is 0 Å². The second kappa shape index (κ2) is 5.00. The monoisotopic (exact) mass is 245 g/mol. The Morgan fingerprint density at radius 3 is 2.78 bits per heavy atom. The van der Waals surface area contributed by atoms with Crippen LogP contribution in [0.3, 0.4) is 0 Å². The maximum absolute atomic E-state index is 10.5. The van der Waals surface area contributed by atoms with Gasteiger partial charge in [-0.2, -0.15) is 5.10 Å². The number of nitrogens with zero attached hydrogens (tertiary/aromatic N) is 3. The quantitative estimate of drug-likeness (QED) is 0.892. The first-order chi connectivity index (χ1) is 8.58. The number of carboxylic acid groups (broad SMARTS) is 1. The molecule has 1 aromatic heterocycles. The SMILES string of the molecule is Cc1ccccc1-c1nc(CCC(=O)O)nn1C. The van der Waals surface area contributed by atoms with Gasteiger partial charge in [-0.05, 0) is 12.5 Å². The molecule has 0 fully saturated rings. The van der Waals surface area contributed by atoms with E-state index < -0.39 is 5.97 Å². The van der Waals surface area contributed by atoms with E-state index >= 15 is 0 Å². The lowest BCUT2D eigenvalue weighted by Gasteiger charge is -2.03. The van der Waals surface area contributed by atoms with E-state index in [1.165, 1.54) is 0 Å². The Bertz CT molecular complexity index is 575. The highest BCUT2D eigenvalue weighted by atomic mass is 16.4. The molecule has 2 aromatic rings. The Morgan fingerprint density at radius 2 is 2.11 bits per heavy atom. The number of benzene rings is 1. The molecule has 0 radical (unpaired) electrons. The van der Waals surface area contributed by atoms with E-state index in [4.69, 9.17) is 5.11 Å². The lowest BCUT2D eigenvalue weighted by atomic mass is 10.1. The molecule has 0 aliphatic rings. The molecule has 1 aromatic carbocycles. The Balaban J connectivity index is 2.30. The lowest BCUT2D eigenvalue weighted by Crippen LogP contribution is -1.99. The second-order valence-corrected chi connectivity index (χ2v) is 4.18. The standard InChI is InChI=1S/C13H15N3O2/c1-9-5-3-4-6-10(9)13-14-11(15-16(13)2)7-8-12(17)18/h3-6H,7-8H2,1-2H3,(H,17,18). The molecule has 0 spiro atoms. The van der Waals surface area contributed by atoms with Gasteiger partial charge in [0.25, 0.3) is 0 Å².